The molecule has 1 heterocycles. The molecule has 2 aromatic rings. The summed E-state index contributed by atoms with van der Waals surface area (Å²) in [5.41, 5.74) is 2.48. The topological polar surface area (TPSA) is 76.1 Å². The zero-order valence-corrected chi connectivity index (χ0v) is 18.1. The number of aromatic nitrogens is 2. The number of anilines is 2. The number of benzene rings is 1. The van der Waals surface area contributed by atoms with Crippen molar-refractivity contribution in [1.29, 1.82) is 0 Å². The highest BCUT2D eigenvalue weighted by atomic mass is 79.9. The van der Waals surface area contributed by atoms with Crippen LogP contribution in [-0.2, 0) is 21.6 Å². The summed E-state index contributed by atoms with van der Waals surface area (Å²) >= 11 is 3.42. The van der Waals surface area contributed by atoms with Crippen LogP contribution in [0.2, 0.25) is 0 Å². The number of nitrogens with one attached hydrogen (secondary N) is 2. The summed E-state index contributed by atoms with van der Waals surface area (Å²) < 4.78 is 6.13. The number of hydrogen-bond acceptors (Lipinski definition) is 5. The second kappa shape index (κ2) is 9.28. The monoisotopic (exact) mass is 434 g/mol. The minimum atomic E-state index is -0.171. The van der Waals surface area contributed by atoms with Crippen molar-refractivity contribution in [2.75, 3.05) is 24.3 Å². The molecule has 0 aliphatic rings. The van der Waals surface area contributed by atoms with E-state index in [2.05, 4.69) is 57.3 Å². The number of methoxy groups -OCH3 is 1. The molecule has 1 aromatic heterocycles. The molecule has 0 saturated carbocycles. The molecule has 0 radical (unpaired) electrons. The van der Waals surface area contributed by atoms with Gasteiger partial charge in [0.2, 0.25) is 5.91 Å². The average Bonchev–Trinajstić information content (AvgIpc) is 2.57. The number of amides is 1. The van der Waals surface area contributed by atoms with Crippen molar-refractivity contribution >= 4 is 33.3 Å². The van der Waals surface area contributed by atoms with Gasteiger partial charge in [-0.15, -0.1) is 0 Å². The number of carbonyl (C=O) groups excluding carboxylic acids is 1. The van der Waals surface area contributed by atoms with E-state index >= 15 is 0 Å². The van der Waals surface area contributed by atoms with E-state index < -0.39 is 0 Å². The summed E-state index contributed by atoms with van der Waals surface area (Å²) in [6.07, 6.45) is 0.334. The standard InChI is InChI=1S/C20H27BrN4O2/c1-13-6-7-14(21)10-16(13)24-18(26)8-9-22-17-11-15(12-27-5)23-19(25-17)20(2,3)4/h6-7,10-11H,8-9,12H2,1-5H3,(H,24,26)(H,22,23,25). The van der Waals surface area contributed by atoms with Crippen LogP contribution in [0.25, 0.3) is 0 Å². The van der Waals surface area contributed by atoms with E-state index in [1.807, 2.05) is 31.2 Å². The molecule has 7 heteroatoms. The first-order valence-corrected chi connectivity index (χ1v) is 9.65. The van der Waals surface area contributed by atoms with Gasteiger partial charge in [0.15, 0.2) is 0 Å². The Hall–Kier alpha value is -1.99. The molecule has 0 spiro atoms. The maximum Gasteiger partial charge on any atom is 0.226 e. The van der Waals surface area contributed by atoms with Gasteiger partial charge in [0.05, 0.1) is 12.3 Å². The van der Waals surface area contributed by atoms with E-state index in [9.17, 15) is 4.79 Å². The molecule has 6 nitrogen and oxygen atoms in total. The summed E-state index contributed by atoms with van der Waals surface area (Å²) in [4.78, 5) is 21.4. The second-order valence-corrected chi connectivity index (χ2v) is 8.35. The van der Waals surface area contributed by atoms with Crippen LogP contribution < -0.4 is 10.6 Å². The largest absolute Gasteiger partial charge is 0.378 e. The Morgan fingerprint density at radius 3 is 2.63 bits per heavy atom. The van der Waals surface area contributed by atoms with Gasteiger partial charge in [0, 0.05) is 41.7 Å². The maximum absolute atomic E-state index is 12.2. The summed E-state index contributed by atoms with van der Waals surface area (Å²) in [6, 6.07) is 7.67. The van der Waals surface area contributed by atoms with Crippen LogP contribution in [0.5, 0.6) is 0 Å². The first-order chi connectivity index (χ1) is 12.7. The fraction of sp³-hybridized carbons (Fsp3) is 0.450. The van der Waals surface area contributed by atoms with Gasteiger partial charge in [-0.2, -0.15) is 0 Å². The van der Waals surface area contributed by atoms with Crippen molar-refractivity contribution in [1.82, 2.24) is 9.97 Å². The molecule has 0 atom stereocenters. The van der Waals surface area contributed by atoms with Gasteiger partial charge in [-0.25, -0.2) is 9.97 Å². The van der Waals surface area contributed by atoms with E-state index in [1.165, 1.54) is 0 Å². The van der Waals surface area contributed by atoms with Gasteiger partial charge in [-0.3, -0.25) is 4.79 Å². The first-order valence-electron chi connectivity index (χ1n) is 8.86. The lowest BCUT2D eigenvalue weighted by Crippen LogP contribution is -2.20. The normalized spacial score (nSPS) is 11.3. The fourth-order valence-corrected chi connectivity index (χ4v) is 2.75. The van der Waals surface area contributed by atoms with Crippen molar-refractivity contribution in [2.45, 2.75) is 46.1 Å². The Labute approximate surface area is 169 Å². The quantitative estimate of drug-likeness (QED) is 0.673. The molecule has 2 rings (SSSR count). The lowest BCUT2D eigenvalue weighted by Gasteiger charge is -2.19. The van der Waals surface area contributed by atoms with Gasteiger partial charge in [-0.05, 0) is 24.6 Å². The zero-order valence-electron chi connectivity index (χ0n) is 16.5. The molecular weight excluding hydrogens is 408 g/mol. The Bertz CT molecular complexity index is 803. The van der Waals surface area contributed by atoms with Gasteiger partial charge < -0.3 is 15.4 Å². The Kier molecular flexibility index (Phi) is 7.33. The van der Waals surface area contributed by atoms with Crippen LogP contribution in [0, 0.1) is 6.92 Å². The zero-order chi connectivity index (χ0) is 20.0. The number of halogens is 1. The number of nitrogens with zero attached hydrogens (tertiary/aromatic N) is 2. The summed E-state index contributed by atoms with van der Waals surface area (Å²) in [6.45, 7) is 9.06. The molecule has 1 amide bonds. The fourth-order valence-electron chi connectivity index (χ4n) is 2.39. The molecule has 0 fully saturated rings. The third-order valence-electron chi connectivity index (χ3n) is 3.87. The summed E-state index contributed by atoms with van der Waals surface area (Å²) in [7, 11) is 1.64. The van der Waals surface area contributed by atoms with Gasteiger partial charge in [-0.1, -0.05) is 42.8 Å². The van der Waals surface area contributed by atoms with E-state index in [1.54, 1.807) is 7.11 Å². The average molecular weight is 435 g/mol. The Morgan fingerprint density at radius 1 is 1.22 bits per heavy atom. The Balaban J connectivity index is 1.98. The molecule has 0 aliphatic heterocycles. The minimum absolute atomic E-state index is 0.0501. The molecule has 27 heavy (non-hydrogen) atoms. The molecule has 0 aliphatic carbocycles. The van der Waals surface area contributed by atoms with E-state index in [0.29, 0.717) is 25.4 Å². The van der Waals surface area contributed by atoms with Crippen molar-refractivity contribution < 1.29 is 9.53 Å². The molecule has 0 saturated heterocycles. The molecule has 2 N–H and O–H groups in total. The van der Waals surface area contributed by atoms with E-state index in [4.69, 9.17) is 4.74 Å². The molecular formula is C20H27BrN4O2. The van der Waals surface area contributed by atoms with Gasteiger partial charge >= 0.3 is 0 Å². The summed E-state index contributed by atoms with van der Waals surface area (Å²) in [5.74, 6) is 1.40. The molecule has 0 bridgehead atoms. The van der Waals surface area contributed by atoms with E-state index in [0.717, 1.165) is 27.2 Å². The summed E-state index contributed by atoms with van der Waals surface area (Å²) in [5, 5.41) is 6.16. The SMILES string of the molecule is COCc1cc(NCCC(=O)Nc2cc(Br)ccc2C)nc(C(C)(C)C)n1. The predicted molar refractivity (Wildman–Crippen MR) is 112 cm³/mol. The number of hydrogen-bond donors (Lipinski definition) is 2. The minimum Gasteiger partial charge on any atom is -0.378 e. The smallest absolute Gasteiger partial charge is 0.226 e. The lowest BCUT2D eigenvalue weighted by molar-refractivity contribution is -0.115. The molecule has 1 aromatic carbocycles. The number of carbonyl (C=O) groups is 1. The molecule has 0 unspecified atom stereocenters. The highest BCUT2D eigenvalue weighted by Gasteiger charge is 2.19. The van der Waals surface area contributed by atoms with Crippen molar-refractivity contribution in [3.8, 4) is 0 Å². The van der Waals surface area contributed by atoms with Crippen LogP contribution in [0.4, 0.5) is 11.5 Å². The highest BCUT2D eigenvalue weighted by Crippen LogP contribution is 2.22. The van der Waals surface area contributed by atoms with Gasteiger partial charge in [0.1, 0.15) is 11.6 Å². The second-order valence-electron chi connectivity index (χ2n) is 7.44. The van der Waals surface area contributed by atoms with Crippen LogP contribution in [-0.4, -0.2) is 29.5 Å². The van der Waals surface area contributed by atoms with E-state index in [-0.39, 0.29) is 11.3 Å². The third-order valence-corrected chi connectivity index (χ3v) is 4.37. The highest BCUT2D eigenvalue weighted by molar-refractivity contribution is 9.10. The van der Waals surface area contributed by atoms with Crippen molar-refractivity contribution in [2.24, 2.45) is 0 Å². The first kappa shape index (κ1) is 21.3. The van der Waals surface area contributed by atoms with Crippen LogP contribution >= 0.6 is 15.9 Å². The molecule has 146 valence electrons. The Morgan fingerprint density at radius 2 is 1.96 bits per heavy atom. The number of aryl methyl sites for hydroxylation is 1. The van der Waals surface area contributed by atoms with Crippen molar-refractivity contribution in [3.63, 3.8) is 0 Å². The van der Waals surface area contributed by atoms with Crippen LogP contribution in [0.1, 0.15) is 44.3 Å². The third kappa shape index (κ3) is 6.59. The van der Waals surface area contributed by atoms with Crippen molar-refractivity contribution in [3.05, 3.63) is 45.8 Å². The number of rotatable bonds is 7. The number of ether oxygens (including phenoxy) is 1. The van der Waals surface area contributed by atoms with Crippen LogP contribution in [0.15, 0.2) is 28.7 Å². The van der Waals surface area contributed by atoms with Crippen LogP contribution in [0.3, 0.4) is 0 Å². The lowest BCUT2D eigenvalue weighted by atomic mass is 9.95. The predicted octanol–water partition coefficient (Wildman–Crippen LogP) is 4.43. The maximum atomic E-state index is 12.2. The van der Waals surface area contributed by atoms with Gasteiger partial charge in [0.25, 0.3) is 0 Å².